The Morgan fingerprint density at radius 2 is 1.67 bits per heavy atom. The molecule has 0 bridgehead atoms. The van der Waals surface area contributed by atoms with Gasteiger partial charge >= 0.3 is 0 Å². The highest BCUT2D eigenvalue weighted by molar-refractivity contribution is 6.50. The van der Waals surface area contributed by atoms with Crippen LogP contribution >= 0.6 is 23.2 Å². The van der Waals surface area contributed by atoms with Crippen LogP contribution in [-0.2, 0) is 6.42 Å². The summed E-state index contributed by atoms with van der Waals surface area (Å²) in [5, 5.41) is 8.47. The molecule has 0 amide bonds. The molecule has 6 heteroatoms. The number of rotatable bonds is 2. The van der Waals surface area contributed by atoms with Crippen LogP contribution in [0.5, 0.6) is 0 Å². The minimum atomic E-state index is -1.86. The van der Waals surface area contributed by atoms with Gasteiger partial charge in [-0.05, 0) is 11.6 Å². The molecule has 0 spiro atoms. The number of alkyl halides is 2. The van der Waals surface area contributed by atoms with Crippen molar-refractivity contribution in [3.63, 3.8) is 0 Å². The molecule has 1 rings (SSSR count). The maximum Gasteiger partial charge on any atom is 0.207 e. The minimum Gasteiger partial charge on any atom is -0.207 e. The van der Waals surface area contributed by atoms with E-state index in [1.807, 2.05) is 0 Å². The minimum absolute atomic E-state index is 0.250. The monoisotopic (exact) mass is 253 g/mol. The van der Waals surface area contributed by atoms with Crippen LogP contribution in [0.1, 0.15) is 5.56 Å². The molecule has 0 heterocycles. The fourth-order valence-electron chi connectivity index (χ4n) is 0.978. The van der Waals surface area contributed by atoms with Gasteiger partial charge in [-0.2, -0.15) is 5.26 Å². The molecule has 0 saturated carbocycles. The summed E-state index contributed by atoms with van der Waals surface area (Å²) < 4.78 is 36.5. The molecule has 1 aromatic carbocycles. The Kier molecular flexibility index (Phi) is 3.48. The van der Waals surface area contributed by atoms with Crippen molar-refractivity contribution in [1.29, 1.82) is 5.26 Å². The molecule has 0 aliphatic rings. The van der Waals surface area contributed by atoms with Crippen LogP contribution in [0.15, 0.2) is 12.1 Å². The largest absolute Gasteiger partial charge is 0.207 e. The zero-order chi connectivity index (χ0) is 11.6. The summed E-state index contributed by atoms with van der Waals surface area (Å²) in [6.45, 7) is 0. The van der Waals surface area contributed by atoms with E-state index in [1.54, 1.807) is 0 Å². The molecular weight excluding hydrogens is 250 g/mol. The Balaban J connectivity index is 3.07. The summed E-state index contributed by atoms with van der Waals surface area (Å²) in [6.07, 6.45) is -0.421. The third-order valence-corrected chi connectivity index (χ3v) is 2.10. The molecule has 1 aromatic rings. The van der Waals surface area contributed by atoms with E-state index < -0.39 is 28.2 Å². The molecule has 0 aliphatic heterocycles. The lowest BCUT2D eigenvalue weighted by atomic mass is 10.1. The van der Waals surface area contributed by atoms with Crippen molar-refractivity contribution in [2.24, 2.45) is 0 Å². The second-order valence-electron chi connectivity index (χ2n) is 2.85. The highest BCUT2D eigenvalue weighted by Crippen LogP contribution is 2.27. The number of halogens is 5. The average molecular weight is 254 g/mol. The van der Waals surface area contributed by atoms with Gasteiger partial charge in [0.25, 0.3) is 0 Å². The Bertz CT molecular complexity index is 426. The third kappa shape index (κ3) is 3.01. The first-order valence-corrected chi connectivity index (χ1v) is 4.54. The van der Waals surface area contributed by atoms with Crippen molar-refractivity contribution in [1.82, 2.24) is 0 Å². The van der Waals surface area contributed by atoms with E-state index in [2.05, 4.69) is 0 Å². The lowest BCUT2D eigenvalue weighted by Gasteiger charge is -2.10. The van der Waals surface area contributed by atoms with Gasteiger partial charge in [-0.1, -0.05) is 23.2 Å². The van der Waals surface area contributed by atoms with Crippen molar-refractivity contribution < 1.29 is 13.2 Å². The lowest BCUT2D eigenvalue weighted by molar-refractivity contribution is 0.489. The predicted octanol–water partition coefficient (Wildman–Crippen LogP) is 3.34. The summed E-state index contributed by atoms with van der Waals surface area (Å²) in [7, 11) is 0. The number of benzene rings is 1. The first kappa shape index (κ1) is 12.2. The first-order valence-electron chi connectivity index (χ1n) is 3.78. The standard InChI is InChI=1S/C9H4Cl2F3N/c10-9(11,4-15)3-5-1-7(13)8(14)2-6(5)12/h1-2H,3H2. The van der Waals surface area contributed by atoms with E-state index in [9.17, 15) is 13.2 Å². The van der Waals surface area contributed by atoms with Crippen LogP contribution in [0.2, 0.25) is 0 Å². The second-order valence-corrected chi connectivity index (χ2v) is 4.33. The smallest absolute Gasteiger partial charge is 0.207 e. The molecule has 0 N–H and O–H groups in total. The highest BCUT2D eigenvalue weighted by Gasteiger charge is 2.26. The first-order chi connectivity index (χ1) is 6.85. The predicted molar refractivity (Wildman–Crippen MR) is 50.1 cm³/mol. The molecule has 0 radical (unpaired) electrons. The van der Waals surface area contributed by atoms with Crippen LogP contribution in [0.25, 0.3) is 0 Å². The van der Waals surface area contributed by atoms with Crippen molar-refractivity contribution in [2.45, 2.75) is 10.8 Å². The fraction of sp³-hybridized carbons (Fsp3) is 0.222. The van der Waals surface area contributed by atoms with Crippen LogP contribution < -0.4 is 0 Å². The Hall–Kier alpha value is -0.920. The summed E-state index contributed by atoms with van der Waals surface area (Å²) in [6, 6.07) is 2.51. The van der Waals surface area contributed by atoms with Gasteiger partial charge in [0, 0.05) is 12.5 Å². The van der Waals surface area contributed by atoms with Crippen LogP contribution in [0, 0.1) is 28.8 Å². The van der Waals surface area contributed by atoms with E-state index >= 15 is 0 Å². The lowest BCUT2D eigenvalue weighted by Crippen LogP contribution is -2.14. The Morgan fingerprint density at radius 3 is 2.20 bits per heavy atom. The molecule has 0 fully saturated rings. The van der Waals surface area contributed by atoms with Gasteiger partial charge in [-0.3, -0.25) is 0 Å². The van der Waals surface area contributed by atoms with E-state index in [0.29, 0.717) is 12.1 Å². The highest BCUT2D eigenvalue weighted by atomic mass is 35.5. The Morgan fingerprint density at radius 1 is 1.13 bits per heavy atom. The third-order valence-electron chi connectivity index (χ3n) is 1.67. The molecule has 0 saturated heterocycles. The van der Waals surface area contributed by atoms with E-state index in [0.717, 1.165) is 0 Å². The summed E-state index contributed by atoms with van der Waals surface area (Å²) >= 11 is 10.9. The van der Waals surface area contributed by atoms with Crippen molar-refractivity contribution in [2.75, 3.05) is 0 Å². The number of nitrogens with zero attached hydrogens (tertiary/aromatic N) is 1. The molecule has 80 valence electrons. The topological polar surface area (TPSA) is 23.8 Å². The molecule has 0 unspecified atom stereocenters. The van der Waals surface area contributed by atoms with E-state index in [-0.39, 0.29) is 5.56 Å². The summed E-state index contributed by atoms with van der Waals surface area (Å²) in [5.41, 5.74) is -0.250. The van der Waals surface area contributed by atoms with Gasteiger partial charge in [-0.15, -0.1) is 0 Å². The number of hydrogen-bond acceptors (Lipinski definition) is 1. The molecule has 0 aromatic heterocycles. The van der Waals surface area contributed by atoms with Gasteiger partial charge in [0.1, 0.15) is 11.9 Å². The maximum atomic E-state index is 13.1. The normalized spacial score (nSPS) is 11.2. The van der Waals surface area contributed by atoms with Gasteiger partial charge in [0.15, 0.2) is 11.6 Å². The Labute approximate surface area is 94.0 Å². The molecule has 1 nitrogen and oxygen atoms in total. The summed E-state index contributed by atoms with van der Waals surface area (Å²) in [5.74, 6) is -3.51. The SMILES string of the molecule is N#CC(Cl)(Cl)Cc1cc(F)c(F)cc1F. The van der Waals surface area contributed by atoms with E-state index in [1.165, 1.54) is 6.07 Å². The van der Waals surface area contributed by atoms with Crippen LogP contribution in [-0.4, -0.2) is 4.33 Å². The molecule has 0 atom stereocenters. The number of hydrogen-bond donors (Lipinski definition) is 0. The van der Waals surface area contributed by atoms with Crippen LogP contribution in [0.3, 0.4) is 0 Å². The number of nitriles is 1. The van der Waals surface area contributed by atoms with Crippen molar-refractivity contribution in [3.8, 4) is 6.07 Å². The zero-order valence-electron chi connectivity index (χ0n) is 7.20. The van der Waals surface area contributed by atoms with Gasteiger partial charge in [-0.25, -0.2) is 13.2 Å². The van der Waals surface area contributed by atoms with E-state index in [4.69, 9.17) is 28.5 Å². The quantitative estimate of drug-likeness (QED) is 0.586. The molecule has 0 aliphatic carbocycles. The second kappa shape index (κ2) is 4.30. The average Bonchev–Trinajstić information content (AvgIpc) is 2.14. The fourth-order valence-corrected chi connectivity index (χ4v) is 1.27. The van der Waals surface area contributed by atoms with Gasteiger partial charge in [0.05, 0.1) is 0 Å². The summed E-state index contributed by atoms with van der Waals surface area (Å²) in [4.78, 5) is 0. The zero-order valence-corrected chi connectivity index (χ0v) is 8.71. The maximum absolute atomic E-state index is 13.1. The van der Waals surface area contributed by atoms with Gasteiger partial charge < -0.3 is 0 Å². The van der Waals surface area contributed by atoms with Crippen LogP contribution in [0.4, 0.5) is 13.2 Å². The van der Waals surface area contributed by atoms with Gasteiger partial charge in [0.2, 0.25) is 4.33 Å². The molecule has 15 heavy (non-hydrogen) atoms. The van der Waals surface area contributed by atoms with Crippen molar-refractivity contribution >= 4 is 23.2 Å². The molecular formula is C9H4Cl2F3N. The van der Waals surface area contributed by atoms with Crippen molar-refractivity contribution in [3.05, 3.63) is 35.1 Å².